The normalized spacial score (nSPS) is 12.4. The molecule has 3 nitrogen and oxygen atoms in total. The van der Waals surface area contributed by atoms with Crippen LogP contribution in [0.15, 0.2) is 15.3 Å². The molecule has 1 atom stereocenters. The Balaban J connectivity index is 2.53. The van der Waals surface area contributed by atoms with E-state index >= 15 is 0 Å². The third kappa shape index (κ3) is 4.21. The van der Waals surface area contributed by atoms with Gasteiger partial charge in [0, 0.05) is 12.5 Å². The number of aryl methyl sites for hydroxylation is 1. The maximum Gasteiger partial charge on any atom is 0.342 e. The van der Waals surface area contributed by atoms with Crippen LogP contribution in [0, 0.1) is 12.8 Å². The standard InChI is InChI=1S/C15H24O3/c1-5-11(2)8-6-7-9-13-10-14(17-4)12(3)15(16)18-13/h10-11H,5-9H2,1-4H3. The summed E-state index contributed by atoms with van der Waals surface area (Å²) in [5.41, 5.74) is 0.257. The minimum atomic E-state index is -0.286. The Morgan fingerprint density at radius 1 is 1.39 bits per heavy atom. The summed E-state index contributed by atoms with van der Waals surface area (Å²) in [7, 11) is 1.58. The fourth-order valence-corrected chi connectivity index (χ4v) is 1.91. The quantitative estimate of drug-likeness (QED) is 0.694. The number of ether oxygens (including phenoxy) is 1. The van der Waals surface area contributed by atoms with Crippen LogP contribution in [0.25, 0.3) is 0 Å². The first-order valence-electron chi connectivity index (χ1n) is 6.76. The number of methoxy groups -OCH3 is 1. The largest absolute Gasteiger partial charge is 0.496 e. The molecule has 0 bridgehead atoms. The average Bonchev–Trinajstić information content (AvgIpc) is 2.38. The van der Waals surface area contributed by atoms with Gasteiger partial charge in [-0.25, -0.2) is 4.79 Å². The van der Waals surface area contributed by atoms with Crippen LogP contribution >= 0.6 is 0 Å². The molecule has 0 saturated heterocycles. The van der Waals surface area contributed by atoms with Crippen molar-refractivity contribution in [2.75, 3.05) is 7.11 Å². The van der Waals surface area contributed by atoms with Crippen molar-refractivity contribution in [2.45, 2.75) is 52.9 Å². The van der Waals surface area contributed by atoms with Crippen molar-refractivity contribution in [1.29, 1.82) is 0 Å². The van der Waals surface area contributed by atoms with E-state index in [4.69, 9.17) is 9.15 Å². The van der Waals surface area contributed by atoms with Crippen LogP contribution in [0.1, 0.15) is 50.9 Å². The van der Waals surface area contributed by atoms with Crippen molar-refractivity contribution in [3.05, 3.63) is 27.8 Å². The van der Waals surface area contributed by atoms with Gasteiger partial charge in [-0.1, -0.05) is 33.1 Å². The monoisotopic (exact) mass is 252 g/mol. The topological polar surface area (TPSA) is 39.4 Å². The molecule has 0 aromatic carbocycles. The van der Waals surface area contributed by atoms with Gasteiger partial charge in [-0.05, 0) is 19.3 Å². The highest BCUT2D eigenvalue weighted by Gasteiger charge is 2.08. The summed E-state index contributed by atoms with van der Waals surface area (Å²) in [6, 6.07) is 1.83. The molecule has 0 aliphatic heterocycles. The van der Waals surface area contributed by atoms with E-state index in [0.717, 1.165) is 24.5 Å². The van der Waals surface area contributed by atoms with Crippen LogP contribution < -0.4 is 10.4 Å². The minimum absolute atomic E-state index is 0.286. The molecule has 102 valence electrons. The van der Waals surface area contributed by atoms with E-state index < -0.39 is 0 Å². The number of rotatable bonds is 7. The third-order valence-corrected chi connectivity index (χ3v) is 3.48. The smallest absolute Gasteiger partial charge is 0.342 e. The Bertz CT molecular complexity index is 420. The van der Waals surface area contributed by atoms with Crippen LogP contribution in [0.5, 0.6) is 5.75 Å². The van der Waals surface area contributed by atoms with Crippen LogP contribution in [-0.4, -0.2) is 7.11 Å². The molecule has 3 heteroatoms. The molecular weight excluding hydrogens is 228 g/mol. The molecular formula is C15H24O3. The Hall–Kier alpha value is -1.25. The van der Waals surface area contributed by atoms with Crippen LogP contribution in [0.3, 0.4) is 0 Å². The Kier molecular flexibility index (Phi) is 5.96. The van der Waals surface area contributed by atoms with Crippen molar-refractivity contribution in [2.24, 2.45) is 5.92 Å². The second-order valence-corrected chi connectivity index (χ2v) is 4.95. The maximum absolute atomic E-state index is 11.6. The molecule has 0 saturated carbocycles. The first kappa shape index (κ1) is 14.8. The van der Waals surface area contributed by atoms with Crippen molar-refractivity contribution >= 4 is 0 Å². The molecule has 0 radical (unpaired) electrons. The number of hydrogen-bond donors (Lipinski definition) is 0. The second kappa shape index (κ2) is 7.24. The highest BCUT2D eigenvalue weighted by Crippen LogP contribution is 2.18. The molecule has 0 N–H and O–H groups in total. The summed E-state index contributed by atoms with van der Waals surface area (Å²) in [6.45, 7) is 6.21. The molecule has 0 amide bonds. The van der Waals surface area contributed by atoms with E-state index in [-0.39, 0.29) is 5.63 Å². The zero-order valence-corrected chi connectivity index (χ0v) is 11.9. The second-order valence-electron chi connectivity index (χ2n) is 4.95. The minimum Gasteiger partial charge on any atom is -0.496 e. The zero-order chi connectivity index (χ0) is 13.5. The lowest BCUT2D eigenvalue weighted by atomic mass is 10.0. The van der Waals surface area contributed by atoms with Crippen molar-refractivity contribution in [3.8, 4) is 5.75 Å². The van der Waals surface area contributed by atoms with Gasteiger partial charge in [0.05, 0.1) is 12.7 Å². The Labute approximate surface area is 109 Å². The fraction of sp³-hybridized carbons (Fsp3) is 0.667. The van der Waals surface area contributed by atoms with Crippen molar-refractivity contribution < 1.29 is 9.15 Å². The lowest BCUT2D eigenvalue weighted by Crippen LogP contribution is -2.07. The van der Waals surface area contributed by atoms with Crippen molar-refractivity contribution in [1.82, 2.24) is 0 Å². The summed E-state index contributed by atoms with van der Waals surface area (Å²) in [5.74, 6) is 2.14. The first-order valence-corrected chi connectivity index (χ1v) is 6.76. The van der Waals surface area contributed by atoms with Gasteiger partial charge in [0.25, 0.3) is 0 Å². The third-order valence-electron chi connectivity index (χ3n) is 3.48. The van der Waals surface area contributed by atoms with E-state index in [0.29, 0.717) is 11.3 Å². The highest BCUT2D eigenvalue weighted by atomic mass is 16.5. The number of hydrogen-bond acceptors (Lipinski definition) is 3. The van der Waals surface area contributed by atoms with E-state index in [9.17, 15) is 4.79 Å². The molecule has 0 spiro atoms. The summed E-state index contributed by atoms with van der Waals surface area (Å²) in [5, 5.41) is 0. The molecule has 0 aliphatic carbocycles. The molecule has 0 fully saturated rings. The van der Waals surface area contributed by atoms with Crippen LogP contribution in [-0.2, 0) is 6.42 Å². The van der Waals surface area contributed by atoms with E-state index in [2.05, 4.69) is 13.8 Å². The summed E-state index contributed by atoms with van der Waals surface area (Å²) >= 11 is 0. The lowest BCUT2D eigenvalue weighted by Gasteiger charge is -2.08. The molecule has 1 unspecified atom stereocenters. The Morgan fingerprint density at radius 2 is 2.11 bits per heavy atom. The molecule has 1 aromatic heterocycles. The molecule has 18 heavy (non-hydrogen) atoms. The van der Waals surface area contributed by atoms with Gasteiger partial charge in [-0.2, -0.15) is 0 Å². The zero-order valence-electron chi connectivity index (χ0n) is 11.9. The first-order chi connectivity index (χ1) is 8.58. The van der Waals surface area contributed by atoms with Gasteiger partial charge < -0.3 is 9.15 Å². The fourth-order valence-electron chi connectivity index (χ4n) is 1.91. The van der Waals surface area contributed by atoms with Crippen LogP contribution in [0.2, 0.25) is 0 Å². The maximum atomic E-state index is 11.6. The van der Waals surface area contributed by atoms with Gasteiger partial charge in [0.1, 0.15) is 11.5 Å². The van der Waals surface area contributed by atoms with Gasteiger partial charge in [0.15, 0.2) is 0 Å². The van der Waals surface area contributed by atoms with Gasteiger partial charge in [-0.3, -0.25) is 0 Å². The van der Waals surface area contributed by atoms with E-state index in [1.54, 1.807) is 14.0 Å². The summed E-state index contributed by atoms with van der Waals surface area (Å²) in [6.07, 6.45) is 5.51. The van der Waals surface area contributed by atoms with E-state index in [1.165, 1.54) is 19.3 Å². The number of unbranched alkanes of at least 4 members (excludes halogenated alkanes) is 1. The van der Waals surface area contributed by atoms with Gasteiger partial charge >= 0.3 is 5.63 Å². The molecule has 1 aromatic rings. The summed E-state index contributed by atoms with van der Waals surface area (Å²) in [4.78, 5) is 11.6. The van der Waals surface area contributed by atoms with Crippen molar-refractivity contribution in [3.63, 3.8) is 0 Å². The van der Waals surface area contributed by atoms with Crippen LogP contribution in [0.4, 0.5) is 0 Å². The molecule has 1 heterocycles. The Morgan fingerprint density at radius 3 is 2.72 bits per heavy atom. The van der Waals surface area contributed by atoms with E-state index in [1.807, 2.05) is 6.07 Å². The lowest BCUT2D eigenvalue weighted by molar-refractivity contribution is 0.383. The predicted molar refractivity (Wildman–Crippen MR) is 73.3 cm³/mol. The predicted octanol–water partition coefficient (Wildman–Crippen LogP) is 3.72. The highest BCUT2D eigenvalue weighted by molar-refractivity contribution is 5.30. The molecule has 1 rings (SSSR count). The average molecular weight is 252 g/mol. The summed E-state index contributed by atoms with van der Waals surface area (Å²) < 4.78 is 10.4. The molecule has 0 aliphatic rings. The van der Waals surface area contributed by atoms with Gasteiger partial charge in [-0.15, -0.1) is 0 Å². The van der Waals surface area contributed by atoms with Gasteiger partial charge in [0.2, 0.25) is 0 Å². The SMILES string of the molecule is CCC(C)CCCCc1cc(OC)c(C)c(=O)o1.